The first kappa shape index (κ1) is 24.1. The second kappa shape index (κ2) is 12.5. The number of nitrogens with one attached hydrogen (secondary N) is 1. The molecule has 1 heterocycles. The lowest BCUT2D eigenvalue weighted by molar-refractivity contribution is -0.131. The van der Waals surface area contributed by atoms with Crippen molar-refractivity contribution in [2.24, 2.45) is 0 Å². The predicted octanol–water partition coefficient (Wildman–Crippen LogP) is 3.52. The molecule has 1 saturated heterocycles. The summed E-state index contributed by atoms with van der Waals surface area (Å²) >= 11 is 6.14. The van der Waals surface area contributed by atoms with E-state index in [1.54, 1.807) is 7.11 Å². The van der Waals surface area contributed by atoms with Crippen LogP contribution < -0.4 is 10.1 Å². The number of hydrogen-bond donors (Lipinski definition) is 1. The smallest absolute Gasteiger partial charge is 0.222 e. The van der Waals surface area contributed by atoms with Gasteiger partial charge >= 0.3 is 0 Å². The molecule has 1 N–H and O–H groups in total. The Morgan fingerprint density at radius 2 is 1.78 bits per heavy atom. The van der Waals surface area contributed by atoms with Crippen LogP contribution in [-0.2, 0) is 22.6 Å². The van der Waals surface area contributed by atoms with Crippen LogP contribution in [0.1, 0.15) is 30.4 Å². The van der Waals surface area contributed by atoms with E-state index in [-0.39, 0.29) is 11.8 Å². The van der Waals surface area contributed by atoms with E-state index in [1.807, 2.05) is 53.4 Å². The Morgan fingerprint density at radius 3 is 2.53 bits per heavy atom. The minimum absolute atomic E-state index is 0.0154. The molecule has 0 aromatic heterocycles. The summed E-state index contributed by atoms with van der Waals surface area (Å²) in [6.45, 7) is 4.32. The summed E-state index contributed by atoms with van der Waals surface area (Å²) in [5.74, 6) is 1.03. The van der Waals surface area contributed by atoms with Gasteiger partial charge in [-0.3, -0.25) is 9.59 Å². The molecule has 1 fully saturated rings. The second-order valence-corrected chi connectivity index (χ2v) is 8.45. The number of rotatable bonds is 9. The predicted molar refractivity (Wildman–Crippen MR) is 127 cm³/mol. The molecule has 3 rings (SSSR count). The molecule has 1 aliphatic heterocycles. The molecule has 0 aliphatic carbocycles. The topological polar surface area (TPSA) is 61.9 Å². The number of amides is 2. The van der Waals surface area contributed by atoms with Crippen LogP contribution in [0.3, 0.4) is 0 Å². The van der Waals surface area contributed by atoms with E-state index in [0.717, 1.165) is 49.4 Å². The standard InChI is InChI=1S/C25H32ClN3O3/c1-32-22-10-7-20(8-11-22)9-12-25(31)29-15-4-14-28(17-18-29)16-13-24(30)27-19-21-5-2-3-6-23(21)26/h2-3,5-8,10-11H,4,9,12-19H2,1H3,(H,27,30). The van der Waals surface area contributed by atoms with Crippen LogP contribution in [0, 0.1) is 0 Å². The first-order valence-electron chi connectivity index (χ1n) is 11.2. The number of carbonyl (C=O) groups is 2. The Balaban J connectivity index is 1.36. The number of aryl methyl sites for hydroxylation is 1. The molecule has 6 nitrogen and oxygen atoms in total. The molecule has 1 aliphatic rings. The summed E-state index contributed by atoms with van der Waals surface area (Å²) in [6.07, 6.45) is 2.61. The largest absolute Gasteiger partial charge is 0.497 e. The maximum Gasteiger partial charge on any atom is 0.222 e. The highest BCUT2D eigenvalue weighted by Crippen LogP contribution is 2.15. The van der Waals surface area contributed by atoms with Crippen molar-refractivity contribution in [1.29, 1.82) is 0 Å². The monoisotopic (exact) mass is 457 g/mol. The molecule has 0 atom stereocenters. The van der Waals surface area contributed by atoms with Crippen molar-refractivity contribution in [2.45, 2.75) is 32.2 Å². The van der Waals surface area contributed by atoms with Gasteiger partial charge < -0.3 is 19.9 Å². The van der Waals surface area contributed by atoms with E-state index in [2.05, 4.69) is 10.2 Å². The number of nitrogens with zero attached hydrogens (tertiary/aromatic N) is 2. The maximum atomic E-state index is 12.7. The Kier molecular flexibility index (Phi) is 9.38. The third-order valence-electron chi connectivity index (χ3n) is 5.82. The van der Waals surface area contributed by atoms with Gasteiger partial charge in [0.05, 0.1) is 7.11 Å². The summed E-state index contributed by atoms with van der Waals surface area (Å²) in [5, 5.41) is 3.60. The Morgan fingerprint density at radius 1 is 1.00 bits per heavy atom. The highest BCUT2D eigenvalue weighted by molar-refractivity contribution is 6.31. The van der Waals surface area contributed by atoms with Gasteiger partial charge in [-0.25, -0.2) is 0 Å². The lowest BCUT2D eigenvalue weighted by Gasteiger charge is -2.22. The Bertz CT molecular complexity index is 888. The average Bonchev–Trinajstić information content (AvgIpc) is 3.07. The van der Waals surface area contributed by atoms with Crippen LogP contribution in [0.2, 0.25) is 5.02 Å². The van der Waals surface area contributed by atoms with Crippen molar-refractivity contribution in [3.8, 4) is 5.75 Å². The van der Waals surface area contributed by atoms with Gasteiger partial charge in [0, 0.05) is 50.6 Å². The van der Waals surface area contributed by atoms with Gasteiger partial charge in [-0.05, 0) is 48.7 Å². The summed E-state index contributed by atoms with van der Waals surface area (Å²) in [5.41, 5.74) is 2.06. The van der Waals surface area contributed by atoms with Gasteiger partial charge in [0.1, 0.15) is 5.75 Å². The van der Waals surface area contributed by atoms with Crippen molar-refractivity contribution in [3.05, 3.63) is 64.7 Å². The third-order valence-corrected chi connectivity index (χ3v) is 6.19. The molecular weight excluding hydrogens is 426 g/mol. The van der Waals surface area contributed by atoms with Crippen molar-refractivity contribution >= 4 is 23.4 Å². The molecule has 2 aromatic carbocycles. The fraction of sp³-hybridized carbons (Fsp3) is 0.440. The summed E-state index contributed by atoms with van der Waals surface area (Å²) in [7, 11) is 1.65. The number of hydrogen-bond acceptors (Lipinski definition) is 4. The van der Waals surface area contributed by atoms with Gasteiger partial charge in [-0.1, -0.05) is 41.9 Å². The number of carbonyl (C=O) groups excluding carboxylic acids is 2. The van der Waals surface area contributed by atoms with Gasteiger partial charge in [-0.2, -0.15) is 0 Å². The molecule has 0 spiro atoms. The van der Waals surface area contributed by atoms with Gasteiger partial charge in [0.2, 0.25) is 11.8 Å². The SMILES string of the molecule is COc1ccc(CCC(=O)N2CCCN(CCC(=O)NCc3ccccc3Cl)CC2)cc1. The zero-order valence-electron chi connectivity index (χ0n) is 18.7. The van der Waals surface area contributed by atoms with E-state index in [9.17, 15) is 9.59 Å². The molecule has 0 bridgehead atoms. The quantitative estimate of drug-likeness (QED) is 0.625. The zero-order chi connectivity index (χ0) is 22.8. The van der Waals surface area contributed by atoms with Crippen LogP contribution >= 0.6 is 11.6 Å². The number of halogens is 1. The van der Waals surface area contributed by atoms with Gasteiger partial charge in [0.25, 0.3) is 0 Å². The van der Waals surface area contributed by atoms with Gasteiger partial charge in [-0.15, -0.1) is 0 Å². The van der Waals surface area contributed by atoms with Gasteiger partial charge in [0.15, 0.2) is 0 Å². The third kappa shape index (κ3) is 7.53. The van der Waals surface area contributed by atoms with E-state index in [0.29, 0.717) is 37.5 Å². The molecule has 0 radical (unpaired) electrons. The molecule has 0 saturated carbocycles. The van der Waals surface area contributed by atoms with Crippen LogP contribution in [0.15, 0.2) is 48.5 Å². The summed E-state index contributed by atoms with van der Waals surface area (Å²) in [6, 6.07) is 15.4. The lowest BCUT2D eigenvalue weighted by Crippen LogP contribution is -2.36. The fourth-order valence-electron chi connectivity index (χ4n) is 3.83. The fourth-order valence-corrected chi connectivity index (χ4v) is 4.03. The van der Waals surface area contributed by atoms with Crippen LogP contribution in [0.25, 0.3) is 0 Å². The zero-order valence-corrected chi connectivity index (χ0v) is 19.4. The van der Waals surface area contributed by atoms with Crippen LogP contribution in [0.4, 0.5) is 0 Å². The number of ether oxygens (including phenoxy) is 1. The summed E-state index contributed by atoms with van der Waals surface area (Å²) < 4.78 is 5.18. The van der Waals surface area contributed by atoms with Crippen molar-refractivity contribution in [2.75, 3.05) is 39.8 Å². The van der Waals surface area contributed by atoms with Crippen LogP contribution in [-0.4, -0.2) is 61.4 Å². The summed E-state index contributed by atoms with van der Waals surface area (Å²) in [4.78, 5) is 29.1. The molecule has 7 heteroatoms. The van der Waals surface area contributed by atoms with Crippen molar-refractivity contribution in [3.63, 3.8) is 0 Å². The Hall–Kier alpha value is -2.57. The average molecular weight is 458 g/mol. The molecule has 172 valence electrons. The van der Waals surface area contributed by atoms with E-state index in [4.69, 9.17) is 16.3 Å². The highest BCUT2D eigenvalue weighted by atomic mass is 35.5. The Labute approximate surface area is 195 Å². The van der Waals surface area contributed by atoms with Crippen molar-refractivity contribution in [1.82, 2.24) is 15.1 Å². The first-order valence-corrected chi connectivity index (χ1v) is 11.6. The minimum Gasteiger partial charge on any atom is -0.497 e. The molecule has 2 aromatic rings. The molecule has 2 amide bonds. The number of methoxy groups -OCH3 is 1. The molecule has 32 heavy (non-hydrogen) atoms. The second-order valence-electron chi connectivity index (χ2n) is 8.04. The molecular formula is C25H32ClN3O3. The van der Waals surface area contributed by atoms with Crippen molar-refractivity contribution < 1.29 is 14.3 Å². The maximum absolute atomic E-state index is 12.7. The van der Waals surface area contributed by atoms with E-state index in [1.165, 1.54) is 0 Å². The first-order chi connectivity index (χ1) is 15.5. The number of benzene rings is 2. The van der Waals surface area contributed by atoms with E-state index >= 15 is 0 Å². The normalized spacial score (nSPS) is 14.6. The molecule has 0 unspecified atom stereocenters. The van der Waals surface area contributed by atoms with Crippen LogP contribution in [0.5, 0.6) is 5.75 Å². The van der Waals surface area contributed by atoms with E-state index < -0.39 is 0 Å². The minimum atomic E-state index is 0.0154. The highest BCUT2D eigenvalue weighted by Gasteiger charge is 2.19. The lowest BCUT2D eigenvalue weighted by atomic mass is 10.1.